The summed E-state index contributed by atoms with van der Waals surface area (Å²) in [6.45, 7) is 1.91. The molecule has 0 aliphatic carbocycles. The highest BCUT2D eigenvalue weighted by atomic mass is 35.5. The van der Waals surface area contributed by atoms with Crippen LogP contribution in [0.25, 0.3) is 0 Å². The molecule has 1 heterocycles. The molecule has 1 unspecified atom stereocenters. The summed E-state index contributed by atoms with van der Waals surface area (Å²) in [7, 11) is 2.15. The summed E-state index contributed by atoms with van der Waals surface area (Å²) in [6, 6.07) is 7.59. The van der Waals surface area contributed by atoms with Crippen molar-refractivity contribution in [2.75, 3.05) is 20.1 Å². The highest BCUT2D eigenvalue weighted by Crippen LogP contribution is 2.17. The van der Waals surface area contributed by atoms with Crippen molar-refractivity contribution < 1.29 is 4.79 Å². The van der Waals surface area contributed by atoms with Gasteiger partial charge in [-0.3, -0.25) is 4.79 Å². The molecule has 1 aromatic rings. The van der Waals surface area contributed by atoms with E-state index in [2.05, 4.69) is 17.3 Å². The first-order chi connectivity index (χ1) is 8.66. The van der Waals surface area contributed by atoms with E-state index in [0.29, 0.717) is 16.6 Å². The van der Waals surface area contributed by atoms with Crippen LogP contribution in [-0.4, -0.2) is 37.0 Å². The SMILES string of the molecule is CN1CCCC1CCNC(=O)c1ccc(Cl)cc1. The molecule has 0 saturated carbocycles. The molecule has 18 heavy (non-hydrogen) atoms. The van der Waals surface area contributed by atoms with Crippen LogP contribution in [0.5, 0.6) is 0 Å². The number of likely N-dealkylation sites (tertiary alicyclic amines) is 1. The molecule has 0 bridgehead atoms. The summed E-state index contributed by atoms with van der Waals surface area (Å²) >= 11 is 5.79. The van der Waals surface area contributed by atoms with Crippen molar-refractivity contribution >= 4 is 17.5 Å². The monoisotopic (exact) mass is 266 g/mol. The van der Waals surface area contributed by atoms with Crippen LogP contribution in [0.15, 0.2) is 24.3 Å². The molecule has 0 radical (unpaired) electrons. The standard InChI is InChI=1S/C14H19ClN2O/c1-17-10-2-3-13(17)8-9-16-14(18)11-4-6-12(15)7-5-11/h4-7,13H,2-3,8-10H2,1H3,(H,16,18). The van der Waals surface area contributed by atoms with Gasteiger partial charge in [-0.15, -0.1) is 0 Å². The second kappa shape index (κ2) is 6.21. The summed E-state index contributed by atoms with van der Waals surface area (Å²) in [5.41, 5.74) is 0.666. The van der Waals surface area contributed by atoms with Crippen molar-refractivity contribution in [2.45, 2.75) is 25.3 Å². The Morgan fingerprint density at radius 2 is 2.17 bits per heavy atom. The number of carbonyl (C=O) groups excluding carboxylic acids is 1. The molecular weight excluding hydrogens is 248 g/mol. The molecule has 0 aromatic heterocycles. The molecule has 1 atom stereocenters. The Balaban J connectivity index is 1.76. The van der Waals surface area contributed by atoms with Crippen LogP contribution in [0.2, 0.25) is 5.02 Å². The number of rotatable bonds is 4. The lowest BCUT2D eigenvalue weighted by Gasteiger charge is -2.19. The normalized spacial score (nSPS) is 20.0. The molecule has 4 heteroatoms. The molecule has 1 amide bonds. The number of benzene rings is 1. The highest BCUT2D eigenvalue weighted by molar-refractivity contribution is 6.30. The summed E-state index contributed by atoms with van der Waals surface area (Å²) in [5.74, 6) is -0.0210. The third kappa shape index (κ3) is 3.47. The number of carbonyl (C=O) groups is 1. The molecule has 1 N–H and O–H groups in total. The van der Waals surface area contributed by atoms with Crippen molar-refractivity contribution in [3.8, 4) is 0 Å². The second-order valence-electron chi connectivity index (χ2n) is 4.83. The number of hydrogen-bond donors (Lipinski definition) is 1. The molecule has 98 valence electrons. The Labute approximate surface area is 113 Å². The van der Waals surface area contributed by atoms with Gasteiger partial charge in [0.05, 0.1) is 0 Å². The van der Waals surface area contributed by atoms with Crippen molar-refractivity contribution in [1.29, 1.82) is 0 Å². The summed E-state index contributed by atoms with van der Waals surface area (Å²) < 4.78 is 0. The molecule has 1 aliphatic heterocycles. The average Bonchev–Trinajstić information content (AvgIpc) is 2.76. The lowest BCUT2D eigenvalue weighted by Crippen LogP contribution is -2.31. The van der Waals surface area contributed by atoms with Crippen LogP contribution in [0, 0.1) is 0 Å². The maximum absolute atomic E-state index is 11.8. The van der Waals surface area contributed by atoms with Gasteiger partial charge in [-0.25, -0.2) is 0 Å². The van der Waals surface area contributed by atoms with Crippen LogP contribution in [0.4, 0.5) is 0 Å². The van der Waals surface area contributed by atoms with Crippen LogP contribution in [0.3, 0.4) is 0 Å². The predicted molar refractivity (Wildman–Crippen MR) is 74.1 cm³/mol. The van der Waals surface area contributed by atoms with E-state index in [1.54, 1.807) is 24.3 Å². The van der Waals surface area contributed by atoms with Crippen molar-refractivity contribution in [3.05, 3.63) is 34.9 Å². The van der Waals surface area contributed by atoms with E-state index in [0.717, 1.165) is 13.0 Å². The largest absolute Gasteiger partial charge is 0.352 e. The van der Waals surface area contributed by atoms with Gasteiger partial charge < -0.3 is 10.2 Å². The minimum Gasteiger partial charge on any atom is -0.352 e. The fourth-order valence-corrected chi connectivity index (χ4v) is 2.53. The van der Waals surface area contributed by atoms with Gasteiger partial charge in [0, 0.05) is 23.2 Å². The molecule has 2 rings (SSSR count). The summed E-state index contributed by atoms with van der Waals surface area (Å²) in [6.07, 6.45) is 3.54. The van der Waals surface area contributed by atoms with E-state index in [1.165, 1.54) is 19.4 Å². The summed E-state index contributed by atoms with van der Waals surface area (Å²) in [5, 5.41) is 3.61. The summed E-state index contributed by atoms with van der Waals surface area (Å²) in [4.78, 5) is 14.2. The van der Waals surface area contributed by atoms with Gasteiger partial charge in [0.25, 0.3) is 5.91 Å². The van der Waals surface area contributed by atoms with E-state index in [4.69, 9.17) is 11.6 Å². The Hall–Kier alpha value is -1.06. The van der Waals surface area contributed by atoms with Crippen molar-refractivity contribution in [1.82, 2.24) is 10.2 Å². The van der Waals surface area contributed by atoms with E-state index in [1.807, 2.05) is 0 Å². The predicted octanol–water partition coefficient (Wildman–Crippen LogP) is 2.55. The molecule has 0 spiro atoms. The minimum absolute atomic E-state index is 0.0210. The van der Waals surface area contributed by atoms with Gasteiger partial charge >= 0.3 is 0 Å². The topological polar surface area (TPSA) is 32.3 Å². The highest BCUT2D eigenvalue weighted by Gasteiger charge is 2.20. The second-order valence-corrected chi connectivity index (χ2v) is 5.26. The molecule has 1 fully saturated rings. The van der Waals surface area contributed by atoms with Crippen molar-refractivity contribution in [2.24, 2.45) is 0 Å². The fraction of sp³-hybridized carbons (Fsp3) is 0.500. The lowest BCUT2D eigenvalue weighted by atomic mass is 10.1. The zero-order valence-corrected chi connectivity index (χ0v) is 11.4. The van der Waals surface area contributed by atoms with E-state index in [9.17, 15) is 4.79 Å². The first-order valence-corrected chi connectivity index (χ1v) is 6.78. The molecule has 1 aromatic carbocycles. The Morgan fingerprint density at radius 1 is 1.44 bits per heavy atom. The number of hydrogen-bond acceptors (Lipinski definition) is 2. The van der Waals surface area contributed by atoms with E-state index < -0.39 is 0 Å². The zero-order chi connectivity index (χ0) is 13.0. The van der Waals surface area contributed by atoms with Crippen molar-refractivity contribution in [3.63, 3.8) is 0 Å². The van der Waals surface area contributed by atoms with Crippen LogP contribution in [0.1, 0.15) is 29.6 Å². The van der Waals surface area contributed by atoms with Gasteiger partial charge in [-0.2, -0.15) is 0 Å². The van der Waals surface area contributed by atoms with Gasteiger partial charge in [-0.05, 0) is 57.1 Å². The van der Waals surface area contributed by atoms with Crippen LogP contribution < -0.4 is 5.32 Å². The Morgan fingerprint density at radius 3 is 2.78 bits per heavy atom. The smallest absolute Gasteiger partial charge is 0.251 e. The van der Waals surface area contributed by atoms with Gasteiger partial charge in [0.15, 0.2) is 0 Å². The van der Waals surface area contributed by atoms with Gasteiger partial charge in [0.1, 0.15) is 0 Å². The zero-order valence-electron chi connectivity index (χ0n) is 10.7. The molecular formula is C14H19ClN2O. The fourth-order valence-electron chi connectivity index (χ4n) is 2.40. The number of halogens is 1. The van der Waals surface area contributed by atoms with E-state index >= 15 is 0 Å². The minimum atomic E-state index is -0.0210. The molecule has 1 aliphatic rings. The number of nitrogens with zero attached hydrogens (tertiary/aromatic N) is 1. The number of nitrogens with one attached hydrogen (secondary N) is 1. The first-order valence-electron chi connectivity index (χ1n) is 6.41. The first kappa shape index (κ1) is 13.4. The Bertz CT molecular complexity index is 405. The lowest BCUT2D eigenvalue weighted by molar-refractivity contribution is 0.0950. The van der Waals surface area contributed by atoms with Gasteiger partial charge in [-0.1, -0.05) is 11.6 Å². The van der Waals surface area contributed by atoms with E-state index in [-0.39, 0.29) is 5.91 Å². The molecule has 3 nitrogen and oxygen atoms in total. The van der Waals surface area contributed by atoms with Gasteiger partial charge in [0.2, 0.25) is 0 Å². The van der Waals surface area contributed by atoms with Crippen LogP contribution >= 0.6 is 11.6 Å². The molecule has 1 saturated heterocycles. The Kier molecular flexibility index (Phi) is 4.61. The quantitative estimate of drug-likeness (QED) is 0.908. The maximum Gasteiger partial charge on any atom is 0.251 e. The average molecular weight is 267 g/mol. The number of amides is 1. The third-order valence-electron chi connectivity index (χ3n) is 3.54. The van der Waals surface area contributed by atoms with Crippen LogP contribution in [-0.2, 0) is 0 Å². The third-order valence-corrected chi connectivity index (χ3v) is 3.79. The maximum atomic E-state index is 11.8.